The highest BCUT2D eigenvalue weighted by Gasteiger charge is 2.33. The highest BCUT2D eigenvalue weighted by atomic mass is 35.5. The first-order valence-electron chi connectivity index (χ1n) is 6.71. The van der Waals surface area contributed by atoms with Gasteiger partial charge in [-0.3, -0.25) is 9.59 Å². The molecule has 1 fully saturated rings. The summed E-state index contributed by atoms with van der Waals surface area (Å²) in [6.07, 6.45) is 2.09. The third-order valence-corrected chi connectivity index (χ3v) is 3.74. The molecule has 0 aromatic heterocycles. The average molecular weight is 296 g/mol. The number of amides is 1. The fourth-order valence-electron chi connectivity index (χ4n) is 2.02. The van der Waals surface area contributed by atoms with Gasteiger partial charge < -0.3 is 9.64 Å². The van der Waals surface area contributed by atoms with E-state index in [-0.39, 0.29) is 24.2 Å². The summed E-state index contributed by atoms with van der Waals surface area (Å²) >= 11 is 6.13. The third kappa shape index (κ3) is 3.97. The average Bonchev–Trinajstić information content (AvgIpc) is 3.28. The van der Waals surface area contributed by atoms with Crippen molar-refractivity contribution in [2.75, 3.05) is 13.7 Å². The third-order valence-electron chi connectivity index (χ3n) is 3.37. The van der Waals surface area contributed by atoms with Crippen LogP contribution in [0.2, 0.25) is 5.02 Å². The summed E-state index contributed by atoms with van der Waals surface area (Å²) in [4.78, 5) is 25.2. The van der Waals surface area contributed by atoms with Gasteiger partial charge in [0.15, 0.2) is 0 Å². The number of benzene rings is 1. The van der Waals surface area contributed by atoms with Crippen LogP contribution in [-0.2, 0) is 20.9 Å². The van der Waals surface area contributed by atoms with Crippen molar-refractivity contribution in [2.45, 2.75) is 25.8 Å². The summed E-state index contributed by atoms with van der Waals surface area (Å²) in [6, 6.07) is 7.44. The molecule has 0 N–H and O–H groups in total. The molecule has 1 amide bonds. The van der Waals surface area contributed by atoms with Crippen LogP contribution in [0.4, 0.5) is 0 Å². The zero-order valence-corrected chi connectivity index (χ0v) is 12.2. The molecule has 5 heteroatoms. The van der Waals surface area contributed by atoms with E-state index in [2.05, 4.69) is 4.74 Å². The summed E-state index contributed by atoms with van der Waals surface area (Å²) in [7, 11) is 1.35. The molecule has 1 aliphatic carbocycles. The summed E-state index contributed by atoms with van der Waals surface area (Å²) in [6.45, 7) is 0.805. The number of nitrogens with zero attached hydrogens (tertiary/aromatic N) is 1. The largest absolute Gasteiger partial charge is 0.469 e. The number of carbonyl (C=O) groups excluding carboxylic acids is 2. The number of hydrogen-bond donors (Lipinski definition) is 0. The first-order valence-corrected chi connectivity index (χ1v) is 7.08. The Hall–Kier alpha value is -1.55. The number of esters is 1. The van der Waals surface area contributed by atoms with Crippen molar-refractivity contribution in [3.63, 3.8) is 0 Å². The minimum absolute atomic E-state index is 0.105. The highest BCUT2D eigenvalue weighted by molar-refractivity contribution is 6.31. The number of methoxy groups -OCH3 is 1. The Balaban J connectivity index is 2.03. The maximum Gasteiger partial charge on any atom is 0.307 e. The maximum atomic E-state index is 12.3. The second-order valence-corrected chi connectivity index (χ2v) is 5.36. The molecule has 108 valence electrons. The molecule has 0 radical (unpaired) electrons. The van der Waals surface area contributed by atoms with Crippen molar-refractivity contribution in [2.24, 2.45) is 5.92 Å². The molecule has 0 spiro atoms. The Kier molecular flexibility index (Phi) is 5.01. The number of hydrogen-bond acceptors (Lipinski definition) is 3. The quantitative estimate of drug-likeness (QED) is 0.758. The van der Waals surface area contributed by atoms with E-state index in [9.17, 15) is 9.59 Å². The number of carbonyl (C=O) groups is 2. The van der Waals surface area contributed by atoms with Crippen molar-refractivity contribution >= 4 is 23.5 Å². The van der Waals surface area contributed by atoms with E-state index >= 15 is 0 Å². The molecule has 20 heavy (non-hydrogen) atoms. The van der Waals surface area contributed by atoms with Crippen LogP contribution in [0.3, 0.4) is 0 Å². The fourth-order valence-corrected chi connectivity index (χ4v) is 2.21. The minimum Gasteiger partial charge on any atom is -0.469 e. The molecular weight excluding hydrogens is 278 g/mol. The lowest BCUT2D eigenvalue weighted by Gasteiger charge is -2.23. The van der Waals surface area contributed by atoms with Gasteiger partial charge in [-0.25, -0.2) is 0 Å². The van der Waals surface area contributed by atoms with Gasteiger partial charge in [-0.1, -0.05) is 29.8 Å². The Morgan fingerprint density at radius 2 is 2.05 bits per heavy atom. The second-order valence-electron chi connectivity index (χ2n) is 4.95. The van der Waals surface area contributed by atoms with Gasteiger partial charge in [-0.05, 0) is 24.5 Å². The first-order chi connectivity index (χ1) is 9.61. The van der Waals surface area contributed by atoms with Gasteiger partial charge in [0.1, 0.15) is 0 Å². The van der Waals surface area contributed by atoms with Gasteiger partial charge in [0, 0.05) is 24.0 Å². The van der Waals surface area contributed by atoms with Crippen molar-refractivity contribution in [3.05, 3.63) is 34.9 Å². The van der Waals surface area contributed by atoms with Crippen LogP contribution in [0.1, 0.15) is 24.8 Å². The van der Waals surface area contributed by atoms with Crippen molar-refractivity contribution in [1.29, 1.82) is 0 Å². The minimum atomic E-state index is -0.308. The van der Waals surface area contributed by atoms with Crippen molar-refractivity contribution in [3.8, 4) is 0 Å². The predicted molar refractivity (Wildman–Crippen MR) is 76.2 cm³/mol. The van der Waals surface area contributed by atoms with Crippen molar-refractivity contribution < 1.29 is 14.3 Å². The number of halogens is 1. The second kappa shape index (κ2) is 6.75. The maximum absolute atomic E-state index is 12.3. The van der Waals surface area contributed by atoms with Crippen LogP contribution >= 0.6 is 11.6 Å². The molecule has 0 atom stereocenters. The van der Waals surface area contributed by atoms with E-state index in [1.807, 2.05) is 18.2 Å². The normalized spacial score (nSPS) is 13.9. The van der Waals surface area contributed by atoms with Crippen LogP contribution < -0.4 is 0 Å². The summed E-state index contributed by atoms with van der Waals surface area (Å²) < 4.78 is 4.63. The van der Waals surface area contributed by atoms with Gasteiger partial charge in [0.2, 0.25) is 5.91 Å². The Morgan fingerprint density at radius 3 is 2.65 bits per heavy atom. The molecule has 1 aromatic rings. The standard InChI is InChI=1S/C15H18ClNO3/c1-20-14(18)8-9-17(15(19)11-6-7-11)10-12-4-2-3-5-13(12)16/h2-5,11H,6-10H2,1H3. The van der Waals surface area contributed by atoms with E-state index in [4.69, 9.17) is 11.6 Å². The Morgan fingerprint density at radius 1 is 1.35 bits per heavy atom. The molecule has 0 aliphatic heterocycles. The van der Waals surface area contributed by atoms with Gasteiger partial charge in [0.25, 0.3) is 0 Å². The summed E-state index contributed by atoms with van der Waals surface area (Å²) in [5.41, 5.74) is 0.896. The number of ether oxygens (including phenoxy) is 1. The Bertz CT molecular complexity index is 500. The van der Waals surface area contributed by atoms with Crippen LogP contribution in [-0.4, -0.2) is 30.4 Å². The predicted octanol–water partition coefficient (Wildman–Crippen LogP) is 2.64. The fraction of sp³-hybridized carbons (Fsp3) is 0.467. The lowest BCUT2D eigenvalue weighted by atomic mass is 10.2. The molecular formula is C15H18ClNO3. The van der Waals surface area contributed by atoms with Crippen molar-refractivity contribution in [1.82, 2.24) is 4.90 Å². The molecule has 1 aromatic carbocycles. The van der Waals surface area contributed by atoms with E-state index in [1.165, 1.54) is 7.11 Å². The molecule has 2 rings (SSSR count). The molecule has 1 aliphatic rings. The van der Waals surface area contributed by atoms with Gasteiger partial charge >= 0.3 is 5.97 Å². The van der Waals surface area contributed by atoms with E-state index in [1.54, 1.807) is 11.0 Å². The molecule has 0 bridgehead atoms. The van der Waals surface area contributed by atoms with Gasteiger partial charge in [-0.2, -0.15) is 0 Å². The molecule has 4 nitrogen and oxygen atoms in total. The first kappa shape index (κ1) is 14.9. The molecule has 0 heterocycles. The van der Waals surface area contributed by atoms with Crippen LogP contribution in [0, 0.1) is 5.92 Å². The lowest BCUT2D eigenvalue weighted by molar-refractivity contribution is -0.142. The molecule has 1 saturated carbocycles. The smallest absolute Gasteiger partial charge is 0.307 e. The van der Waals surface area contributed by atoms with Gasteiger partial charge in [-0.15, -0.1) is 0 Å². The van der Waals surface area contributed by atoms with E-state index < -0.39 is 0 Å². The van der Waals surface area contributed by atoms with Gasteiger partial charge in [0.05, 0.1) is 13.5 Å². The Labute approximate surface area is 123 Å². The summed E-state index contributed by atoms with van der Waals surface area (Å²) in [5.74, 6) is -0.0817. The van der Waals surface area contributed by atoms with E-state index in [0.717, 1.165) is 18.4 Å². The lowest BCUT2D eigenvalue weighted by Crippen LogP contribution is -2.34. The van der Waals surface area contributed by atoms with Crippen LogP contribution in [0.25, 0.3) is 0 Å². The van der Waals surface area contributed by atoms with Crippen LogP contribution in [0.15, 0.2) is 24.3 Å². The van der Waals surface area contributed by atoms with E-state index in [0.29, 0.717) is 18.1 Å². The molecule has 0 unspecified atom stereocenters. The van der Waals surface area contributed by atoms with Crippen LogP contribution in [0.5, 0.6) is 0 Å². The molecule has 0 saturated heterocycles. The zero-order chi connectivity index (χ0) is 14.5. The topological polar surface area (TPSA) is 46.6 Å². The SMILES string of the molecule is COC(=O)CCN(Cc1ccccc1Cl)C(=O)C1CC1. The number of rotatable bonds is 6. The summed E-state index contributed by atoms with van der Waals surface area (Å²) in [5, 5.41) is 0.638. The zero-order valence-electron chi connectivity index (χ0n) is 11.5. The highest BCUT2D eigenvalue weighted by Crippen LogP contribution is 2.32. The monoisotopic (exact) mass is 295 g/mol.